The molecule has 0 fully saturated rings. The second-order valence-corrected chi connectivity index (χ2v) is 6.89. The first-order valence-electron chi connectivity index (χ1n) is 8.50. The molecule has 0 saturated heterocycles. The first kappa shape index (κ1) is 21.5. The maximum Gasteiger partial charge on any atom is 0.326 e. The molecule has 3 aromatic carbocycles. The predicted molar refractivity (Wildman–Crippen MR) is 111 cm³/mol. The fraction of sp³-hybridized carbons (Fsp3) is 0.0476. The summed E-state index contributed by atoms with van der Waals surface area (Å²) in [6.07, 6.45) is 0. The third kappa shape index (κ3) is 4.69. The van der Waals surface area contributed by atoms with Crippen LogP contribution in [0.15, 0.2) is 54.6 Å². The van der Waals surface area contributed by atoms with Gasteiger partial charge >= 0.3 is 6.03 Å². The molecule has 0 bridgehead atoms. The molecule has 154 valence electrons. The summed E-state index contributed by atoms with van der Waals surface area (Å²) in [6, 6.07) is 11.6. The van der Waals surface area contributed by atoms with Crippen LogP contribution >= 0.6 is 23.2 Å². The van der Waals surface area contributed by atoms with Crippen molar-refractivity contribution >= 4 is 40.8 Å². The van der Waals surface area contributed by atoms with Gasteiger partial charge in [0.05, 0.1) is 7.11 Å². The van der Waals surface area contributed by atoms with Crippen molar-refractivity contribution in [2.24, 2.45) is 0 Å². The lowest BCUT2D eigenvalue weighted by Gasteiger charge is -2.13. The number of benzene rings is 3. The number of carbonyl (C=O) groups excluding carboxylic acids is 2. The number of rotatable bonds is 4. The maximum absolute atomic E-state index is 13.7. The van der Waals surface area contributed by atoms with Crippen LogP contribution in [0.25, 0.3) is 11.1 Å². The van der Waals surface area contributed by atoms with Crippen molar-refractivity contribution in [2.75, 3.05) is 12.4 Å². The molecule has 0 atom stereocenters. The lowest BCUT2D eigenvalue weighted by molar-refractivity contribution is 0.0959. The third-order valence-corrected chi connectivity index (χ3v) is 4.66. The molecule has 0 aliphatic carbocycles. The largest absolute Gasteiger partial charge is 0.496 e. The Labute approximate surface area is 180 Å². The standard InChI is InChI=1S/C21H14Cl2F2N2O3/c1-30-18-10-12(6-7-13(18)14-9-11(22)5-8-15(14)23)26-21(29)27-20(28)19-16(24)3-2-4-17(19)25/h2-10H,1H3,(H2,26,27,28,29). The normalized spacial score (nSPS) is 10.4. The van der Waals surface area contributed by atoms with E-state index < -0.39 is 29.1 Å². The minimum absolute atomic E-state index is 0.271. The van der Waals surface area contributed by atoms with Crippen LogP contribution in [-0.2, 0) is 0 Å². The SMILES string of the molecule is COc1cc(NC(=O)NC(=O)c2c(F)cccc2F)ccc1-c1cc(Cl)ccc1Cl. The zero-order valence-corrected chi connectivity index (χ0v) is 16.9. The number of anilines is 1. The molecule has 0 radical (unpaired) electrons. The number of ether oxygens (including phenoxy) is 1. The van der Waals surface area contributed by atoms with Crippen molar-refractivity contribution in [1.82, 2.24) is 5.32 Å². The molecule has 0 spiro atoms. The Morgan fingerprint density at radius 2 is 1.63 bits per heavy atom. The molecule has 2 N–H and O–H groups in total. The van der Waals surface area contributed by atoms with Crippen molar-refractivity contribution in [2.45, 2.75) is 0 Å². The Hall–Kier alpha value is -3.16. The van der Waals surface area contributed by atoms with Crippen LogP contribution in [0.3, 0.4) is 0 Å². The zero-order chi connectivity index (χ0) is 21.8. The molecule has 0 aliphatic heterocycles. The fourth-order valence-electron chi connectivity index (χ4n) is 2.74. The lowest BCUT2D eigenvalue weighted by Crippen LogP contribution is -2.35. The summed E-state index contributed by atoms with van der Waals surface area (Å²) in [7, 11) is 1.44. The number of hydrogen-bond acceptors (Lipinski definition) is 3. The summed E-state index contributed by atoms with van der Waals surface area (Å²) in [6.45, 7) is 0. The first-order chi connectivity index (χ1) is 14.3. The molecule has 9 heteroatoms. The van der Waals surface area contributed by atoms with Crippen LogP contribution in [0.4, 0.5) is 19.3 Å². The molecule has 0 saturated carbocycles. The Kier molecular flexibility index (Phi) is 6.54. The second kappa shape index (κ2) is 9.11. The van der Waals surface area contributed by atoms with Crippen molar-refractivity contribution in [1.29, 1.82) is 0 Å². The third-order valence-electron chi connectivity index (χ3n) is 4.09. The number of nitrogens with one attached hydrogen (secondary N) is 2. The van der Waals surface area contributed by atoms with Gasteiger partial charge in [-0.3, -0.25) is 10.1 Å². The van der Waals surface area contributed by atoms with Crippen LogP contribution < -0.4 is 15.4 Å². The fourth-order valence-corrected chi connectivity index (χ4v) is 3.13. The highest BCUT2D eigenvalue weighted by Gasteiger charge is 2.19. The maximum atomic E-state index is 13.7. The lowest BCUT2D eigenvalue weighted by atomic mass is 10.0. The Morgan fingerprint density at radius 1 is 0.933 bits per heavy atom. The number of imide groups is 1. The number of carbonyl (C=O) groups is 2. The molecule has 0 unspecified atom stereocenters. The molecular weight excluding hydrogens is 437 g/mol. The molecular formula is C21H14Cl2F2N2O3. The molecule has 0 aromatic heterocycles. The number of amides is 3. The topological polar surface area (TPSA) is 67.4 Å². The van der Waals surface area contributed by atoms with Gasteiger partial charge in [-0.1, -0.05) is 29.3 Å². The van der Waals surface area contributed by atoms with E-state index >= 15 is 0 Å². The molecule has 3 aromatic rings. The van der Waals surface area contributed by atoms with E-state index in [4.69, 9.17) is 27.9 Å². The van der Waals surface area contributed by atoms with E-state index in [1.54, 1.807) is 30.3 Å². The highest BCUT2D eigenvalue weighted by molar-refractivity contribution is 6.35. The van der Waals surface area contributed by atoms with Crippen LogP contribution in [0.2, 0.25) is 10.0 Å². The van der Waals surface area contributed by atoms with E-state index in [1.807, 2.05) is 5.32 Å². The van der Waals surface area contributed by atoms with E-state index in [-0.39, 0.29) is 5.69 Å². The van der Waals surface area contributed by atoms with Gasteiger partial charge in [0.15, 0.2) is 0 Å². The smallest absolute Gasteiger partial charge is 0.326 e. The van der Waals surface area contributed by atoms with Gasteiger partial charge in [0.1, 0.15) is 22.9 Å². The number of methoxy groups -OCH3 is 1. The van der Waals surface area contributed by atoms with Gasteiger partial charge in [-0.05, 0) is 42.5 Å². The van der Waals surface area contributed by atoms with Gasteiger partial charge in [0, 0.05) is 32.9 Å². The summed E-state index contributed by atoms with van der Waals surface area (Å²) in [4.78, 5) is 24.1. The van der Waals surface area contributed by atoms with Crippen molar-refractivity contribution < 1.29 is 23.1 Å². The monoisotopic (exact) mass is 450 g/mol. The molecule has 30 heavy (non-hydrogen) atoms. The average Bonchev–Trinajstić information content (AvgIpc) is 2.69. The molecule has 0 aliphatic rings. The van der Waals surface area contributed by atoms with Crippen LogP contribution in [-0.4, -0.2) is 19.0 Å². The highest BCUT2D eigenvalue weighted by Crippen LogP contribution is 2.37. The van der Waals surface area contributed by atoms with Crippen molar-refractivity contribution in [3.8, 4) is 16.9 Å². The van der Waals surface area contributed by atoms with E-state index in [0.29, 0.717) is 26.9 Å². The summed E-state index contributed by atoms with van der Waals surface area (Å²) in [5.41, 5.74) is 0.673. The number of halogens is 4. The minimum atomic E-state index is -1.21. The first-order valence-corrected chi connectivity index (χ1v) is 9.25. The van der Waals surface area contributed by atoms with E-state index in [9.17, 15) is 18.4 Å². The van der Waals surface area contributed by atoms with Crippen LogP contribution in [0.5, 0.6) is 5.75 Å². The Morgan fingerprint density at radius 3 is 2.30 bits per heavy atom. The van der Waals surface area contributed by atoms with Gasteiger partial charge in [0.2, 0.25) is 0 Å². The molecule has 0 heterocycles. The van der Waals surface area contributed by atoms with E-state index in [2.05, 4.69) is 5.32 Å². The van der Waals surface area contributed by atoms with Gasteiger partial charge in [-0.25, -0.2) is 13.6 Å². The zero-order valence-electron chi connectivity index (χ0n) is 15.4. The quantitative estimate of drug-likeness (QED) is 0.519. The highest BCUT2D eigenvalue weighted by atomic mass is 35.5. The van der Waals surface area contributed by atoms with E-state index in [0.717, 1.165) is 18.2 Å². The Bertz CT molecular complexity index is 1120. The van der Waals surface area contributed by atoms with Crippen LogP contribution in [0, 0.1) is 11.6 Å². The van der Waals surface area contributed by atoms with Gasteiger partial charge in [0.25, 0.3) is 5.91 Å². The van der Waals surface area contributed by atoms with E-state index in [1.165, 1.54) is 13.2 Å². The molecule has 3 rings (SSSR count). The average molecular weight is 451 g/mol. The molecule has 3 amide bonds. The number of hydrogen-bond donors (Lipinski definition) is 2. The van der Waals surface area contributed by atoms with Gasteiger partial charge in [-0.15, -0.1) is 0 Å². The minimum Gasteiger partial charge on any atom is -0.496 e. The predicted octanol–water partition coefficient (Wildman–Crippen LogP) is 5.91. The summed E-state index contributed by atoms with van der Waals surface area (Å²) in [5, 5.41) is 5.22. The van der Waals surface area contributed by atoms with Crippen LogP contribution in [0.1, 0.15) is 10.4 Å². The van der Waals surface area contributed by atoms with Crippen molar-refractivity contribution in [3.63, 3.8) is 0 Å². The number of urea groups is 1. The summed E-state index contributed by atoms with van der Waals surface area (Å²) >= 11 is 12.3. The van der Waals surface area contributed by atoms with Crippen molar-refractivity contribution in [3.05, 3.63) is 81.8 Å². The second-order valence-electron chi connectivity index (χ2n) is 6.04. The summed E-state index contributed by atoms with van der Waals surface area (Å²) < 4.78 is 32.7. The van der Waals surface area contributed by atoms with Gasteiger partial charge in [-0.2, -0.15) is 0 Å². The summed E-state index contributed by atoms with van der Waals surface area (Å²) in [5.74, 6) is -2.99. The van der Waals surface area contributed by atoms with Gasteiger partial charge < -0.3 is 10.1 Å². The Balaban J connectivity index is 1.79. The molecule has 5 nitrogen and oxygen atoms in total.